The molecule has 0 radical (unpaired) electrons. The molecule has 142 valence electrons. The first-order valence-electron chi connectivity index (χ1n) is 9.58. The summed E-state index contributed by atoms with van der Waals surface area (Å²) in [6, 6.07) is 7.68. The maximum absolute atomic E-state index is 12.5. The fourth-order valence-corrected chi connectivity index (χ4v) is 3.87. The van der Waals surface area contributed by atoms with E-state index in [1.807, 2.05) is 28.8 Å². The molecule has 1 aromatic carbocycles. The number of carbonyl (C=O) groups is 1. The number of benzene rings is 1. The molecule has 1 amide bonds. The molecule has 1 unspecified atom stereocenters. The van der Waals surface area contributed by atoms with E-state index < -0.39 is 0 Å². The Bertz CT molecular complexity index is 842. The summed E-state index contributed by atoms with van der Waals surface area (Å²) in [6.45, 7) is 1.68. The van der Waals surface area contributed by atoms with Gasteiger partial charge in [0.2, 0.25) is 0 Å². The van der Waals surface area contributed by atoms with Crippen molar-refractivity contribution in [2.75, 3.05) is 6.54 Å². The minimum atomic E-state index is -0.117. The standard InChI is InChI=1S/C21H24ClN3O2/c22-17-8-6-16(7-9-17)19-12-25-14-24-20(18(25)13-27-19)21(26)23-11-10-15-4-2-1-3-5-15/h4,6-9,14,19H,1-3,5,10-13H2,(H,23,26). The zero-order valence-electron chi connectivity index (χ0n) is 15.3. The van der Waals surface area contributed by atoms with Gasteiger partial charge in [-0.15, -0.1) is 0 Å². The Hall–Kier alpha value is -2.11. The summed E-state index contributed by atoms with van der Waals surface area (Å²) in [5, 5.41) is 3.71. The highest BCUT2D eigenvalue weighted by atomic mass is 35.5. The second-order valence-corrected chi connectivity index (χ2v) is 7.59. The van der Waals surface area contributed by atoms with Gasteiger partial charge in [-0.1, -0.05) is 35.4 Å². The van der Waals surface area contributed by atoms with E-state index in [0.717, 1.165) is 24.1 Å². The van der Waals surface area contributed by atoms with Crippen LogP contribution < -0.4 is 5.32 Å². The monoisotopic (exact) mass is 385 g/mol. The molecular weight excluding hydrogens is 362 g/mol. The highest BCUT2D eigenvalue weighted by Crippen LogP contribution is 2.28. The van der Waals surface area contributed by atoms with Crippen molar-refractivity contribution >= 4 is 17.5 Å². The van der Waals surface area contributed by atoms with Crippen LogP contribution in [0.2, 0.25) is 5.02 Å². The number of hydrogen-bond donors (Lipinski definition) is 1. The highest BCUT2D eigenvalue weighted by Gasteiger charge is 2.26. The van der Waals surface area contributed by atoms with Crippen LogP contribution in [0.4, 0.5) is 0 Å². The molecule has 2 aromatic rings. The van der Waals surface area contributed by atoms with Crippen LogP contribution in [-0.2, 0) is 17.9 Å². The molecule has 0 bridgehead atoms. The van der Waals surface area contributed by atoms with Crippen molar-refractivity contribution in [1.29, 1.82) is 0 Å². The molecule has 0 saturated carbocycles. The van der Waals surface area contributed by atoms with Crippen LogP contribution >= 0.6 is 11.6 Å². The zero-order valence-corrected chi connectivity index (χ0v) is 16.0. The smallest absolute Gasteiger partial charge is 0.271 e. The summed E-state index contributed by atoms with van der Waals surface area (Å²) in [4.78, 5) is 16.9. The minimum Gasteiger partial charge on any atom is -0.365 e. The Morgan fingerprint density at radius 3 is 2.93 bits per heavy atom. The molecule has 6 heteroatoms. The number of nitrogens with zero attached hydrogens (tertiary/aromatic N) is 2. The number of amides is 1. The van der Waals surface area contributed by atoms with Gasteiger partial charge in [-0.25, -0.2) is 4.98 Å². The van der Waals surface area contributed by atoms with Gasteiger partial charge in [0.1, 0.15) is 6.10 Å². The first kappa shape index (κ1) is 18.3. The molecule has 4 rings (SSSR count). The molecule has 2 heterocycles. The van der Waals surface area contributed by atoms with E-state index in [9.17, 15) is 4.79 Å². The van der Waals surface area contributed by atoms with Crippen molar-refractivity contribution < 1.29 is 9.53 Å². The average Bonchev–Trinajstić information content (AvgIpc) is 3.12. The van der Waals surface area contributed by atoms with Crippen LogP contribution in [-0.4, -0.2) is 22.0 Å². The fraction of sp³-hybridized carbons (Fsp3) is 0.429. The minimum absolute atomic E-state index is 0.0573. The van der Waals surface area contributed by atoms with Crippen molar-refractivity contribution in [1.82, 2.24) is 14.9 Å². The zero-order chi connectivity index (χ0) is 18.6. The van der Waals surface area contributed by atoms with Crippen LogP contribution in [0.25, 0.3) is 0 Å². The predicted molar refractivity (Wildman–Crippen MR) is 105 cm³/mol. The molecule has 1 atom stereocenters. The van der Waals surface area contributed by atoms with Gasteiger partial charge in [-0.3, -0.25) is 4.79 Å². The molecule has 1 aliphatic carbocycles. The van der Waals surface area contributed by atoms with E-state index in [4.69, 9.17) is 16.3 Å². The van der Waals surface area contributed by atoms with Gasteiger partial charge >= 0.3 is 0 Å². The molecule has 0 fully saturated rings. The fourth-order valence-electron chi connectivity index (χ4n) is 3.75. The third-order valence-electron chi connectivity index (χ3n) is 5.30. The number of fused-ring (bicyclic) bond motifs is 1. The maximum Gasteiger partial charge on any atom is 0.271 e. The van der Waals surface area contributed by atoms with Crippen molar-refractivity contribution in [3.8, 4) is 0 Å². The average molecular weight is 386 g/mol. The SMILES string of the molecule is O=C(NCCC1=CCCCC1)c1ncn2c1COC(c1ccc(Cl)cc1)C2. The molecule has 0 spiro atoms. The van der Waals surface area contributed by atoms with Gasteiger partial charge in [-0.05, 0) is 49.8 Å². The van der Waals surface area contributed by atoms with Gasteiger partial charge in [-0.2, -0.15) is 0 Å². The third kappa shape index (κ3) is 4.25. The van der Waals surface area contributed by atoms with Crippen molar-refractivity contribution in [3.63, 3.8) is 0 Å². The molecule has 1 aliphatic heterocycles. The number of imidazole rings is 1. The second-order valence-electron chi connectivity index (χ2n) is 7.16. The number of ether oxygens (including phenoxy) is 1. The number of allylic oxidation sites excluding steroid dienone is 1. The Kier molecular flexibility index (Phi) is 5.60. The van der Waals surface area contributed by atoms with Crippen molar-refractivity contribution in [2.24, 2.45) is 0 Å². The lowest BCUT2D eigenvalue weighted by molar-refractivity contribution is 0.00258. The maximum atomic E-state index is 12.5. The summed E-state index contributed by atoms with van der Waals surface area (Å²) in [5.74, 6) is -0.117. The first-order valence-corrected chi connectivity index (χ1v) is 9.95. The lowest BCUT2D eigenvalue weighted by Gasteiger charge is -2.25. The van der Waals surface area contributed by atoms with Gasteiger partial charge in [0.25, 0.3) is 5.91 Å². The van der Waals surface area contributed by atoms with Crippen LogP contribution in [0.1, 0.15) is 60.0 Å². The molecule has 1 aromatic heterocycles. The van der Waals surface area contributed by atoms with Crippen molar-refractivity contribution in [2.45, 2.75) is 51.4 Å². The number of hydrogen-bond acceptors (Lipinski definition) is 3. The van der Waals surface area contributed by atoms with Gasteiger partial charge in [0.05, 0.1) is 25.2 Å². The van der Waals surface area contributed by atoms with Gasteiger partial charge < -0.3 is 14.6 Å². The first-order chi connectivity index (χ1) is 13.2. The Balaban J connectivity index is 1.36. The van der Waals surface area contributed by atoms with E-state index in [0.29, 0.717) is 30.4 Å². The quantitative estimate of drug-likeness (QED) is 0.774. The molecule has 27 heavy (non-hydrogen) atoms. The number of aromatic nitrogens is 2. The summed E-state index contributed by atoms with van der Waals surface area (Å²) in [5.41, 5.74) is 3.85. The molecule has 2 aliphatic rings. The van der Waals surface area contributed by atoms with E-state index >= 15 is 0 Å². The van der Waals surface area contributed by atoms with E-state index in [-0.39, 0.29) is 12.0 Å². The largest absolute Gasteiger partial charge is 0.365 e. The van der Waals surface area contributed by atoms with Crippen LogP contribution in [0.5, 0.6) is 0 Å². The number of carbonyl (C=O) groups excluding carboxylic acids is 1. The van der Waals surface area contributed by atoms with Crippen LogP contribution in [0, 0.1) is 0 Å². The Morgan fingerprint density at radius 2 is 2.15 bits per heavy atom. The highest BCUT2D eigenvalue weighted by molar-refractivity contribution is 6.30. The van der Waals surface area contributed by atoms with E-state index in [2.05, 4.69) is 16.4 Å². The van der Waals surface area contributed by atoms with E-state index in [1.54, 1.807) is 6.33 Å². The third-order valence-corrected chi connectivity index (χ3v) is 5.56. The lowest BCUT2D eigenvalue weighted by Crippen LogP contribution is -2.28. The predicted octanol–water partition coefficient (Wildman–Crippen LogP) is 4.43. The number of rotatable bonds is 5. The second kappa shape index (κ2) is 8.28. The number of halogens is 1. The Labute approximate surface area is 164 Å². The van der Waals surface area contributed by atoms with Crippen LogP contribution in [0.3, 0.4) is 0 Å². The summed E-state index contributed by atoms with van der Waals surface area (Å²) >= 11 is 5.96. The summed E-state index contributed by atoms with van der Waals surface area (Å²) in [7, 11) is 0. The summed E-state index contributed by atoms with van der Waals surface area (Å²) < 4.78 is 8.00. The lowest BCUT2D eigenvalue weighted by atomic mass is 9.97. The summed E-state index contributed by atoms with van der Waals surface area (Å²) in [6.07, 6.45) is 9.81. The Morgan fingerprint density at radius 1 is 1.30 bits per heavy atom. The van der Waals surface area contributed by atoms with Gasteiger partial charge in [0, 0.05) is 11.6 Å². The topological polar surface area (TPSA) is 56.2 Å². The van der Waals surface area contributed by atoms with Gasteiger partial charge in [0.15, 0.2) is 5.69 Å². The van der Waals surface area contributed by atoms with Crippen LogP contribution in [0.15, 0.2) is 42.2 Å². The van der Waals surface area contributed by atoms with Crippen molar-refractivity contribution in [3.05, 3.63) is 64.2 Å². The van der Waals surface area contributed by atoms with E-state index in [1.165, 1.54) is 24.8 Å². The molecular formula is C21H24ClN3O2. The number of nitrogens with one attached hydrogen (secondary N) is 1. The molecule has 0 saturated heterocycles. The normalized spacial score (nSPS) is 19.3. The molecule has 5 nitrogen and oxygen atoms in total. The molecule has 1 N–H and O–H groups in total.